The second-order valence-corrected chi connectivity index (χ2v) is 3.52. The highest BCUT2D eigenvalue weighted by atomic mass is 16.5. The van der Waals surface area contributed by atoms with Crippen molar-refractivity contribution in [1.82, 2.24) is 15.0 Å². The predicted molar refractivity (Wildman–Crippen MR) is 56.6 cm³/mol. The van der Waals surface area contributed by atoms with E-state index in [1.165, 1.54) is 7.11 Å². The minimum Gasteiger partial charge on any atom is -0.468 e. The monoisotopic (exact) mass is 227 g/mol. The standard InChI is InChI=1S/C10H17N3O3/c1-4-5-13(7-10(14)15-3)6-9-11-8(2)16-12-9/h4-7H2,1-3H3. The van der Waals surface area contributed by atoms with Crippen LogP contribution in [0, 0.1) is 6.92 Å². The third-order valence-corrected chi connectivity index (χ3v) is 2.05. The first kappa shape index (κ1) is 12.6. The molecule has 0 saturated heterocycles. The lowest BCUT2D eigenvalue weighted by atomic mass is 10.4. The zero-order valence-corrected chi connectivity index (χ0v) is 9.89. The highest BCUT2D eigenvalue weighted by molar-refractivity contribution is 5.71. The summed E-state index contributed by atoms with van der Waals surface area (Å²) in [5.74, 6) is 0.869. The third-order valence-electron chi connectivity index (χ3n) is 2.05. The number of esters is 1. The molecule has 1 aromatic rings. The number of hydrogen-bond acceptors (Lipinski definition) is 6. The van der Waals surface area contributed by atoms with Gasteiger partial charge in [0.2, 0.25) is 5.89 Å². The molecule has 90 valence electrons. The lowest BCUT2D eigenvalue weighted by Gasteiger charge is -2.17. The maximum Gasteiger partial charge on any atom is 0.319 e. The number of methoxy groups -OCH3 is 1. The average Bonchev–Trinajstić information content (AvgIpc) is 2.64. The van der Waals surface area contributed by atoms with Crippen LogP contribution in [0.4, 0.5) is 0 Å². The molecule has 0 unspecified atom stereocenters. The molecule has 6 nitrogen and oxygen atoms in total. The second-order valence-electron chi connectivity index (χ2n) is 3.52. The first-order valence-corrected chi connectivity index (χ1v) is 5.24. The molecule has 0 bridgehead atoms. The molecule has 16 heavy (non-hydrogen) atoms. The Balaban J connectivity index is 2.53. The first-order valence-electron chi connectivity index (χ1n) is 5.24. The Morgan fingerprint density at radius 1 is 1.56 bits per heavy atom. The van der Waals surface area contributed by atoms with Crippen molar-refractivity contribution < 1.29 is 14.1 Å². The first-order chi connectivity index (χ1) is 7.65. The Kier molecular flexibility index (Phi) is 4.91. The van der Waals surface area contributed by atoms with E-state index in [9.17, 15) is 4.79 Å². The molecule has 0 saturated carbocycles. The van der Waals surface area contributed by atoms with E-state index >= 15 is 0 Å². The SMILES string of the molecule is CCCN(CC(=O)OC)Cc1noc(C)n1. The van der Waals surface area contributed by atoms with Crippen molar-refractivity contribution in [2.75, 3.05) is 20.2 Å². The minimum absolute atomic E-state index is 0.248. The average molecular weight is 227 g/mol. The zero-order valence-electron chi connectivity index (χ0n) is 9.89. The van der Waals surface area contributed by atoms with Crippen LogP contribution < -0.4 is 0 Å². The van der Waals surface area contributed by atoms with Gasteiger partial charge in [0.1, 0.15) is 0 Å². The molecule has 0 atom stereocenters. The number of carbonyl (C=O) groups excluding carboxylic acids is 1. The van der Waals surface area contributed by atoms with Crippen LogP contribution in [-0.2, 0) is 16.1 Å². The number of hydrogen-bond donors (Lipinski definition) is 0. The molecule has 1 rings (SSSR count). The fourth-order valence-electron chi connectivity index (χ4n) is 1.38. The van der Waals surface area contributed by atoms with Crippen molar-refractivity contribution in [2.45, 2.75) is 26.8 Å². The van der Waals surface area contributed by atoms with E-state index in [4.69, 9.17) is 4.52 Å². The van der Waals surface area contributed by atoms with Crippen LogP contribution >= 0.6 is 0 Å². The normalized spacial score (nSPS) is 10.8. The minimum atomic E-state index is -0.256. The van der Waals surface area contributed by atoms with Crippen LogP contribution in [0.2, 0.25) is 0 Å². The van der Waals surface area contributed by atoms with Crippen LogP contribution in [0.25, 0.3) is 0 Å². The lowest BCUT2D eigenvalue weighted by Crippen LogP contribution is -2.31. The maximum absolute atomic E-state index is 11.2. The summed E-state index contributed by atoms with van der Waals surface area (Å²) >= 11 is 0. The second kappa shape index (κ2) is 6.22. The van der Waals surface area contributed by atoms with Crippen LogP contribution in [-0.4, -0.2) is 41.2 Å². The molecule has 0 fully saturated rings. The summed E-state index contributed by atoms with van der Waals surface area (Å²) < 4.78 is 9.50. The predicted octanol–water partition coefficient (Wildman–Crippen LogP) is 0.763. The lowest BCUT2D eigenvalue weighted by molar-refractivity contribution is -0.142. The summed E-state index contributed by atoms with van der Waals surface area (Å²) in [6.07, 6.45) is 0.952. The number of carbonyl (C=O) groups is 1. The van der Waals surface area contributed by atoms with E-state index in [1.54, 1.807) is 6.92 Å². The zero-order chi connectivity index (χ0) is 12.0. The smallest absolute Gasteiger partial charge is 0.319 e. The number of rotatable bonds is 6. The van der Waals surface area contributed by atoms with Gasteiger partial charge in [-0.25, -0.2) is 0 Å². The van der Waals surface area contributed by atoms with Crippen molar-refractivity contribution in [1.29, 1.82) is 0 Å². The van der Waals surface area contributed by atoms with Gasteiger partial charge in [0, 0.05) is 6.92 Å². The molecule has 0 aliphatic rings. The van der Waals surface area contributed by atoms with Crippen molar-refractivity contribution in [3.8, 4) is 0 Å². The Hall–Kier alpha value is -1.43. The summed E-state index contributed by atoms with van der Waals surface area (Å²) in [4.78, 5) is 17.2. The Morgan fingerprint density at radius 2 is 2.31 bits per heavy atom. The van der Waals surface area contributed by atoms with Gasteiger partial charge < -0.3 is 9.26 Å². The third kappa shape index (κ3) is 3.98. The van der Waals surface area contributed by atoms with E-state index in [0.29, 0.717) is 18.3 Å². The Bertz CT molecular complexity index is 338. The summed E-state index contributed by atoms with van der Waals surface area (Å²) in [5.41, 5.74) is 0. The number of aryl methyl sites for hydroxylation is 1. The fraction of sp³-hybridized carbons (Fsp3) is 0.700. The van der Waals surface area contributed by atoms with Crippen LogP contribution in [0.5, 0.6) is 0 Å². The van der Waals surface area contributed by atoms with Crippen molar-refractivity contribution in [3.05, 3.63) is 11.7 Å². The van der Waals surface area contributed by atoms with E-state index in [-0.39, 0.29) is 12.5 Å². The van der Waals surface area contributed by atoms with Gasteiger partial charge in [-0.15, -0.1) is 0 Å². The van der Waals surface area contributed by atoms with Crippen LogP contribution in [0.3, 0.4) is 0 Å². The fourth-order valence-corrected chi connectivity index (χ4v) is 1.38. The van der Waals surface area contributed by atoms with E-state index in [0.717, 1.165) is 13.0 Å². The van der Waals surface area contributed by atoms with Gasteiger partial charge in [-0.05, 0) is 13.0 Å². The molecule has 0 aromatic carbocycles. The Morgan fingerprint density at radius 3 is 2.81 bits per heavy atom. The van der Waals surface area contributed by atoms with Crippen LogP contribution in [0.1, 0.15) is 25.1 Å². The van der Waals surface area contributed by atoms with E-state index < -0.39 is 0 Å². The molecule has 0 aliphatic carbocycles. The largest absolute Gasteiger partial charge is 0.468 e. The molecule has 0 radical (unpaired) electrons. The van der Waals surface area contributed by atoms with E-state index in [2.05, 4.69) is 14.9 Å². The summed E-state index contributed by atoms with van der Waals surface area (Å²) in [7, 11) is 1.38. The number of nitrogens with zero attached hydrogens (tertiary/aromatic N) is 3. The summed E-state index contributed by atoms with van der Waals surface area (Å²) in [5, 5.41) is 3.79. The van der Waals surface area contributed by atoms with Crippen molar-refractivity contribution >= 4 is 5.97 Å². The highest BCUT2D eigenvalue weighted by Gasteiger charge is 2.13. The van der Waals surface area contributed by atoms with Gasteiger partial charge in [-0.3, -0.25) is 9.69 Å². The molecule has 0 spiro atoms. The van der Waals surface area contributed by atoms with E-state index in [1.807, 2.05) is 11.8 Å². The van der Waals surface area contributed by atoms with Crippen LogP contribution in [0.15, 0.2) is 4.52 Å². The molecule has 1 heterocycles. The van der Waals surface area contributed by atoms with Gasteiger partial charge in [-0.1, -0.05) is 12.1 Å². The molecular weight excluding hydrogens is 210 g/mol. The molecular formula is C10H17N3O3. The van der Waals surface area contributed by atoms with Gasteiger partial charge in [0.15, 0.2) is 5.82 Å². The number of aromatic nitrogens is 2. The van der Waals surface area contributed by atoms with Gasteiger partial charge in [0.25, 0.3) is 0 Å². The van der Waals surface area contributed by atoms with Gasteiger partial charge in [0.05, 0.1) is 20.2 Å². The number of ether oxygens (including phenoxy) is 1. The topological polar surface area (TPSA) is 68.5 Å². The summed E-state index contributed by atoms with van der Waals surface area (Å²) in [6.45, 7) is 5.33. The molecule has 0 N–H and O–H groups in total. The molecule has 1 aromatic heterocycles. The molecule has 6 heteroatoms. The van der Waals surface area contributed by atoms with Crippen molar-refractivity contribution in [3.63, 3.8) is 0 Å². The quantitative estimate of drug-likeness (QED) is 0.668. The Labute approximate surface area is 94.6 Å². The van der Waals surface area contributed by atoms with Crippen molar-refractivity contribution in [2.24, 2.45) is 0 Å². The maximum atomic E-state index is 11.2. The molecule has 0 aliphatic heterocycles. The highest BCUT2D eigenvalue weighted by Crippen LogP contribution is 2.02. The van der Waals surface area contributed by atoms with Gasteiger partial charge in [-0.2, -0.15) is 4.98 Å². The molecule has 0 amide bonds. The van der Waals surface area contributed by atoms with Gasteiger partial charge >= 0.3 is 5.97 Å². The summed E-state index contributed by atoms with van der Waals surface area (Å²) in [6, 6.07) is 0.